The number of ether oxygens (including phenoxy) is 1. The summed E-state index contributed by atoms with van der Waals surface area (Å²) in [6, 6.07) is 7.86. The van der Waals surface area contributed by atoms with Crippen LogP contribution in [-0.2, 0) is 11.2 Å². The molecule has 22 heavy (non-hydrogen) atoms. The number of carbonyl (C=O) groups is 1. The third-order valence-corrected chi connectivity index (χ3v) is 4.17. The maximum absolute atomic E-state index is 11.7. The zero-order chi connectivity index (χ0) is 16.0. The van der Waals surface area contributed by atoms with Gasteiger partial charge in [-0.05, 0) is 36.8 Å². The molecule has 2 nitrogen and oxygen atoms in total. The minimum Gasteiger partial charge on any atom is -0.451 e. The summed E-state index contributed by atoms with van der Waals surface area (Å²) in [4.78, 5) is 11.7. The molecule has 0 aliphatic carbocycles. The van der Waals surface area contributed by atoms with Gasteiger partial charge in [-0.1, -0.05) is 64.0 Å². The maximum Gasteiger partial charge on any atom is 0.338 e. The quantitative estimate of drug-likeness (QED) is 0.274. The lowest BCUT2D eigenvalue weighted by atomic mass is 10.0. The van der Waals surface area contributed by atoms with Crippen LogP contribution in [0.1, 0.15) is 74.2 Å². The van der Waals surface area contributed by atoms with Crippen molar-refractivity contribution in [1.82, 2.24) is 0 Å². The second-order valence-electron chi connectivity index (χ2n) is 5.76. The summed E-state index contributed by atoms with van der Waals surface area (Å²) in [5.41, 5.74) is 1.96. The van der Waals surface area contributed by atoms with E-state index in [1.807, 2.05) is 18.4 Å². The lowest BCUT2D eigenvalue weighted by molar-refractivity contribution is 0.0579. The first-order valence-corrected chi connectivity index (χ1v) is 9.92. The van der Waals surface area contributed by atoms with Crippen molar-refractivity contribution in [3.8, 4) is 0 Å². The number of thioether (sulfide) groups is 1. The van der Waals surface area contributed by atoms with Gasteiger partial charge in [0.1, 0.15) is 5.94 Å². The summed E-state index contributed by atoms with van der Waals surface area (Å²) < 4.78 is 5.09. The van der Waals surface area contributed by atoms with Crippen LogP contribution in [0.15, 0.2) is 24.3 Å². The molecular formula is C19H30O2S. The van der Waals surface area contributed by atoms with Crippen molar-refractivity contribution in [2.24, 2.45) is 0 Å². The summed E-state index contributed by atoms with van der Waals surface area (Å²) in [5, 5.41) is 0. The van der Waals surface area contributed by atoms with Gasteiger partial charge in [0.15, 0.2) is 0 Å². The molecule has 3 heteroatoms. The van der Waals surface area contributed by atoms with E-state index in [-0.39, 0.29) is 5.97 Å². The molecule has 0 N–H and O–H groups in total. The van der Waals surface area contributed by atoms with E-state index in [0.29, 0.717) is 11.5 Å². The fourth-order valence-electron chi connectivity index (χ4n) is 2.47. The molecule has 0 saturated heterocycles. The van der Waals surface area contributed by atoms with Crippen molar-refractivity contribution in [2.45, 2.75) is 64.7 Å². The number of hydrogen-bond acceptors (Lipinski definition) is 3. The molecule has 0 aliphatic rings. The highest BCUT2D eigenvalue weighted by atomic mass is 32.2. The minimum absolute atomic E-state index is 0.229. The van der Waals surface area contributed by atoms with Crippen LogP contribution in [0.5, 0.6) is 0 Å². The molecule has 1 rings (SSSR count). The maximum atomic E-state index is 11.7. The van der Waals surface area contributed by atoms with E-state index in [0.717, 1.165) is 6.42 Å². The predicted octanol–water partition coefficient (Wildman–Crippen LogP) is 5.85. The minimum atomic E-state index is -0.229. The number of hydrogen-bond donors (Lipinski definition) is 0. The molecule has 0 spiro atoms. The van der Waals surface area contributed by atoms with Crippen LogP contribution in [0.25, 0.3) is 0 Å². The van der Waals surface area contributed by atoms with Gasteiger partial charge in [0.05, 0.1) is 5.56 Å². The molecule has 1 aromatic rings. The molecular weight excluding hydrogens is 292 g/mol. The number of unbranched alkanes of at least 4 members (excludes halogenated alkanes) is 7. The van der Waals surface area contributed by atoms with E-state index in [1.165, 1.54) is 68.7 Å². The standard InChI is InChI=1S/C19H30O2S/c1-3-4-5-6-7-8-9-10-11-17-12-14-18(15-13-17)19(20)21-16-22-2/h12-15H,3-11,16H2,1-2H3. The van der Waals surface area contributed by atoms with Crippen LogP contribution >= 0.6 is 11.8 Å². The number of esters is 1. The number of rotatable bonds is 12. The Morgan fingerprint density at radius 1 is 0.955 bits per heavy atom. The average molecular weight is 323 g/mol. The molecule has 0 saturated carbocycles. The van der Waals surface area contributed by atoms with E-state index < -0.39 is 0 Å². The van der Waals surface area contributed by atoms with Crippen molar-refractivity contribution in [2.75, 3.05) is 12.2 Å². The topological polar surface area (TPSA) is 26.3 Å². The number of aryl methyl sites for hydroxylation is 1. The molecule has 0 amide bonds. The molecule has 1 aromatic carbocycles. The van der Waals surface area contributed by atoms with Gasteiger partial charge in [-0.15, -0.1) is 11.8 Å². The van der Waals surface area contributed by atoms with Crippen LogP contribution in [-0.4, -0.2) is 18.2 Å². The largest absolute Gasteiger partial charge is 0.451 e. The Morgan fingerprint density at radius 3 is 2.14 bits per heavy atom. The Kier molecular flexibility index (Phi) is 10.9. The molecule has 124 valence electrons. The molecule has 0 atom stereocenters. The van der Waals surface area contributed by atoms with E-state index in [4.69, 9.17) is 4.74 Å². The van der Waals surface area contributed by atoms with Gasteiger partial charge in [-0.3, -0.25) is 0 Å². The third-order valence-electron chi connectivity index (χ3n) is 3.82. The monoisotopic (exact) mass is 322 g/mol. The normalized spacial score (nSPS) is 10.6. The fourth-order valence-corrected chi connectivity index (χ4v) is 2.69. The number of carbonyl (C=O) groups excluding carboxylic acids is 1. The van der Waals surface area contributed by atoms with Gasteiger partial charge < -0.3 is 4.74 Å². The summed E-state index contributed by atoms with van der Waals surface area (Å²) in [6.45, 7) is 2.26. The zero-order valence-electron chi connectivity index (χ0n) is 14.1. The van der Waals surface area contributed by atoms with Gasteiger partial charge in [-0.25, -0.2) is 4.79 Å². The van der Waals surface area contributed by atoms with Crippen molar-refractivity contribution in [3.63, 3.8) is 0 Å². The van der Waals surface area contributed by atoms with Crippen molar-refractivity contribution in [3.05, 3.63) is 35.4 Å². The van der Waals surface area contributed by atoms with E-state index in [9.17, 15) is 4.79 Å². The Balaban J connectivity index is 2.15. The highest BCUT2D eigenvalue weighted by Crippen LogP contribution is 2.13. The second-order valence-corrected chi connectivity index (χ2v) is 6.57. The summed E-state index contributed by atoms with van der Waals surface area (Å²) >= 11 is 1.51. The van der Waals surface area contributed by atoms with Crippen molar-refractivity contribution in [1.29, 1.82) is 0 Å². The summed E-state index contributed by atoms with van der Waals surface area (Å²) in [7, 11) is 0. The second kappa shape index (κ2) is 12.6. The Hall–Kier alpha value is -0.960. The fraction of sp³-hybridized carbons (Fsp3) is 0.632. The van der Waals surface area contributed by atoms with Crippen LogP contribution in [0, 0.1) is 0 Å². The highest BCUT2D eigenvalue weighted by molar-refractivity contribution is 7.98. The van der Waals surface area contributed by atoms with Gasteiger partial charge in [0, 0.05) is 0 Å². The number of benzene rings is 1. The van der Waals surface area contributed by atoms with Crippen LogP contribution in [0.3, 0.4) is 0 Å². The SMILES string of the molecule is CCCCCCCCCCc1ccc(C(=O)OCSC)cc1. The Labute approximate surface area is 140 Å². The third kappa shape index (κ3) is 8.47. The van der Waals surface area contributed by atoms with Crippen LogP contribution in [0.2, 0.25) is 0 Å². The highest BCUT2D eigenvalue weighted by Gasteiger charge is 2.06. The molecule has 0 aromatic heterocycles. The molecule has 0 fully saturated rings. The van der Waals surface area contributed by atoms with Crippen molar-refractivity contribution < 1.29 is 9.53 Å². The van der Waals surface area contributed by atoms with E-state index in [1.54, 1.807) is 0 Å². The van der Waals surface area contributed by atoms with Gasteiger partial charge >= 0.3 is 5.97 Å². The smallest absolute Gasteiger partial charge is 0.338 e. The predicted molar refractivity (Wildman–Crippen MR) is 96.6 cm³/mol. The van der Waals surface area contributed by atoms with E-state index in [2.05, 4.69) is 19.1 Å². The molecule has 0 aliphatic heterocycles. The van der Waals surface area contributed by atoms with Gasteiger partial charge in [-0.2, -0.15) is 0 Å². The molecule has 0 radical (unpaired) electrons. The zero-order valence-corrected chi connectivity index (χ0v) is 14.9. The summed E-state index contributed by atoms with van der Waals surface area (Å²) in [5.74, 6) is 0.187. The van der Waals surface area contributed by atoms with Crippen molar-refractivity contribution >= 4 is 17.7 Å². The Morgan fingerprint density at radius 2 is 1.55 bits per heavy atom. The first-order chi connectivity index (χ1) is 10.8. The summed E-state index contributed by atoms with van der Waals surface area (Å²) in [6.07, 6.45) is 13.8. The van der Waals surface area contributed by atoms with Crippen LogP contribution in [0.4, 0.5) is 0 Å². The lowest BCUT2D eigenvalue weighted by Gasteiger charge is -2.05. The Bertz CT molecular complexity index is 400. The van der Waals surface area contributed by atoms with Crippen LogP contribution < -0.4 is 0 Å². The lowest BCUT2D eigenvalue weighted by Crippen LogP contribution is -2.04. The first-order valence-electron chi connectivity index (χ1n) is 8.53. The average Bonchev–Trinajstić information content (AvgIpc) is 2.55. The first kappa shape index (κ1) is 19.1. The van der Waals surface area contributed by atoms with Gasteiger partial charge in [0.2, 0.25) is 0 Å². The van der Waals surface area contributed by atoms with E-state index >= 15 is 0 Å². The van der Waals surface area contributed by atoms with Gasteiger partial charge in [0.25, 0.3) is 0 Å². The molecule has 0 heterocycles. The molecule has 0 bridgehead atoms. The molecule has 0 unspecified atom stereocenters.